The van der Waals surface area contributed by atoms with Crippen LogP contribution in [0.15, 0.2) is 12.3 Å². The molecule has 1 nitrogen and oxygen atoms in total. The first-order chi connectivity index (χ1) is 7.69. The smallest absolute Gasteiger partial charge is 0.106 e. The summed E-state index contributed by atoms with van der Waals surface area (Å²) in [7, 11) is 0. The van der Waals surface area contributed by atoms with E-state index in [9.17, 15) is 4.39 Å². The molecule has 1 heterocycles. The van der Waals surface area contributed by atoms with Crippen LogP contribution in [-0.4, -0.2) is 11.7 Å². The maximum absolute atomic E-state index is 12.6. The van der Waals surface area contributed by atoms with E-state index in [-0.39, 0.29) is 12.1 Å². The van der Waals surface area contributed by atoms with Gasteiger partial charge in [0.2, 0.25) is 0 Å². The monoisotopic (exact) mass is 301 g/mol. The van der Waals surface area contributed by atoms with E-state index in [2.05, 4.69) is 32.8 Å². The fourth-order valence-corrected chi connectivity index (χ4v) is 2.12. The largest absolute Gasteiger partial charge is 0.258 e. The van der Waals surface area contributed by atoms with Crippen LogP contribution in [0.25, 0.3) is 0 Å². The van der Waals surface area contributed by atoms with Crippen molar-refractivity contribution in [2.75, 3.05) is 6.67 Å². The third kappa shape index (κ3) is 2.56. The zero-order valence-electron chi connectivity index (χ0n) is 8.56. The van der Waals surface area contributed by atoms with Crippen LogP contribution in [0.3, 0.4) is 0 Å². The highest BCUT2D eigenvalue weighted by atomic mass is 79.9. The van der Waals surface area contributed by atoms with Crippen molar-refractivity contribution in [3.8, 4) is 11.8 Å². The zero-order valence-corrected chi connectivity index (χ0v) is 10.9. The van der Waals surface area contributed by atoms with Crippen molar-refractivity contribution in [2.45, 2.75) is 18.2 Å². The number of pyridine rings is 1. The Labute approximate surface area is 108 Å². The number of halogens is 3. The van der Waals surface area contributed by atoms with Gasteiger partial charge in [-0.15, -0.1) is 0 Å². The molecular formula is C12H10BrClFN. The Morgan fingerprint density at radius 1 is 1.56 bits per heavy atom. The van der Waals surface area contributed by atoms with E-state index in [0.29, 0.717) is 10.4 Å². The van der Waals surface area contributed by atoms with Gasteiger partial charge in [-0.25, -0.2) is 4.39 Å². The highest BCUT2D eigenvalue weighted by Gasteiger charge is 2.41. The van der Waals surface area contributed by atoms with E-state index in [1.54, 1.807) is 12.3 Å². The molecule has 16 heavy (non-hydrogen) atoms. The van der Waals surface area contributed by atoms with Crippen LogP contribution >= 0.6 is 27.5 Å². The SMILES string of the molecule is FCC1(C#Cc2cnc(CBr)c(Cl)c2)CC1. The maximum atomic E-state index is 12.6. The van der Waals surface area contributed by atoms with Crippen LogP contribution in [0.4, 0.5) is 4.39 Å². The van der Waals surface area contributed by atoms with Crippen molar-refractivity contribution in [1.29, 1.82) is 0 Å². The molecule has 2 rings (SSSR count). The second-order valence-electron chi connectivity index (χ2n) is 3.95. The van der Waals surface area contributed by atoms with Crippen LogP contribution in [0.5, 0.6) is 0 Å². The van der Waals surface area contributed by atoms with E-state index in [4.69, 9.17) is 11.6 Å². The zero-order chi connectivity index (χ0) is 11.6. The van der Waals surface area contributed by atoms with Gasteiger partial charge in [-0.05, 0) is 18.9 Å². The van der Waals surface area contributed by atoms with E-state index in [0.717, 1.165) is 24.1 Å². The summed E-state index contributed by atoms with van der Waals surface area (Å²) in [6.45, 7) is -0.360. The molecule has 1 fully saturated rings. The van der Waals surface area contributed by atoms with Crippen LogP contribution in [0.1, 0.15) is 24.1 Å². The summed E-state index contributed by atoms with van der Waals surface area (Å²) in [4.78, 5) is 4.17. The average molecular weight is 303 g/mol. The lowest BCUT2D eigenvalue weighted by atomic mass is 10.1. The summed E-state index contributed by atoms with van der Waals surface area (Å²) >= 11 is 9.29. The van der Waals surface area contributed by atoms with Gasteiger partial charge in [0.25, 0.3) is 0 Å². The van der Waals surface area contributed by atoms with Gasteiger partial charge in [-0.2, -0.15) is 0 Å². The number of aromatic nitrogens is 1. The molecule has 0 amide bonds. The first-order valence-corrected chi connectivity index (χ1v) is 6.48. The normalized spacial score (nSPS) is 16.4. The molecular weight excluding hydrogens is 292 g/mol. The third-order valence-electron chi connectivity index (χ3n) is 2.63. The van der Waals surface area contributed by atoms with Crippen LogP contribution < -0.4 is 0 Å². The van der Waals surface area contributed by atoms with Crippen LogP contribution in [0.2, 0.25) is 5.02 Å². The molecule has 1 saturated carbocycles. The van der Waals surface area contributed by atoms with Crippen molar-refractivity contribution < 1.29 is 4.39 Å². The minimum Gasteiger partial charge on any atom is -0.258 e. The highest BCUT2D eigenvalue weighted by molar-refractivity contribution is 9.08. The number of hydrogen-bond acceptors (Lipinski definition) is 1. The summed E-state index contributed by atoms with van der Waals surface area (Å²) in [5.74, 6) is 5.90. The molecule has 0 aliphatic heterocycles. The minimum absolute atomic E-state index is 0.360. The fourth-order valence-electron chi connectivity index (χ4n) is 1.28. The van der Waals surface area contributed by atoms with Gasteiger partial charge >= 0.3 is 0 Å². The number of nitrogens with zero attached hydrogens (tertiary/aromatic N) is 1. The quantitative estimate of drug-likeness (QED) is 0.599. The molecule has 0 bridgehead atoms. The highest BCUT2D eigenvalue weighted by Crippen LogP contribution is 2.45. The fraction of sp³-hybridized carbons (Fsp3) is 0.417. The number of alkyl halides is 2. The van der Waals surface area contributed by atoms with Gasteiger partial charge in [0.15, 0.2) is 0 Å². The molecule has 0 atom stereocenters. The summed E-state index contributed by atoms with van der Waals surface area (Å²) in [6, 6.07) is 1.77. The topological polar surface area (TPSA) is 12.9 Å². The Hall–Kier alpha value is -0.590. The lowest BCUT2D eigenvalue weighted by Crippen LogP contribution is -1.98. The summed E-state index contributed by atoms with van der Waals surface area (Å²) < 4.78 is 12.6. The number of rotatable bonds is 2. The van der Waals surface area contributed by atoms with Gasteiger partial charge in [0.1, 0.15) is 6.67 Å². The van der Waals surface area contributed by atoms with Gasteiger partial charge < -0.3 is 0 Å². The van der Waals surface area contributed by atoms with Gasteiger partial charge in [0, 0.05) is 17.1 Å². The van der Waals surface area contributed by atoms with E-state index in [1.165, 1.54) is 0 Å². The van der Waals surface area contributed by atoms with Crippen LogP contribution in [0, 0.1) is 17.3 Å². The molecule has 1 aliphatic carbocycles. The predicted molar refractivity (Wildman–Crippen MR) is 66.4 cm³/mol. The second-order valence-corrected chi connectivity index (χ2v) is 4.92. The molecule has 0 aromatic carbocycles. The summed E-state index contributed by atoms with van der Waals surface area (Å²) in [6.07, 6.45) is 3.39. The molecule has 0 radical (unpaired) electrons. The van der Waals surface area contributed by atoms with E-state index >= 15 is 0 Å². The summed E-state index contributed by atoms with van der Waals surface area (Å²) in [5.41, 5.74) is 1.16. The van der Waals surface area contributed by atoms with Crippen molar-refractivity contribution in [3.05, 3.63) is 28.5 Å². The predicted octanol–water partition coefficient (Wildman–Crippen LogP) is 3.73. The molecule has 84 valence electrons. The second kappa shape index (κ2) is 4.73. The van der Waals surface area contributed by atoms with Gasteiger partial charge in [-0.3, -0.25) is 4.98 Å². The average Bonchev–Trinajstić information content (AvgIpc) is 3.07. The van der Waals surface area contributed by atoms with Crippen molar-refractivity contribution >= 4 is 27.5 Å². The Morgan fingerprint density at radius 2 is 2.31 bits per heavy atom. The third-order valence-corrected chi connectivity index (χ3v) is 3.48. The van der Waals surface area contributed by atoms with Gasteiger partial charge in [-0.1, -0.05) is 39.4 Å². The first-order valence-electron chi connectivity index (χ1n) is 4.99. The molecule has 0 saturated heterocycles. The van der Waals surface area contributed by atoms with Crippen molar-refractivity contribution in [3.63, 3.8) is 0 Å². The molecule has 1 aromatic heterocycles. The van der Waals surface area contributed by atoms with Gasteiger partial charge in [0.05, 0.1) is 16.1 Å². The lowest BCUT2D eigenvalue weighted by Gasteiger charge is -2.00. The Bertz CT molecular complexity index is 460. The Kier molecular flexibility index (Phi) is 3.51. The Morgan fingerprint density at radius 3 is 2.81 bits per heavy atom. The van der Waals surface area contributed by atoms with Crippen LogP contribution in [-0.2, 0) is 5.33 Å². The molecule has 0 spiro atoms. The number of hydrogen-bond donors (Lipinski definition) is 0. The first kappa shape index (κ1) is 11.9. The summed E-state index contributed by atoms with van der Waals surface area (Å²) in [5, 5.41) is 1.21. The molecule has 1 aromatic rings. The van der Waals surface area contributed by atoms with E-state index in [1.807, 2.05) is 0 Å². The van der Waals surface area contributed by atoms with Crippen molar-refractivity contribution in [2.24, 2.45) is 5.41 Å². The Balaban J connectivity index is 2.19. The van der Waals surface area contributed by atoms with Crippen molar-refractivity contribution in [1.82, 2.24) is 4.98 Å². The molecule has 0 unspecified atom stereocenters. The molecule has 4 heteroatoms. The maximum Gasteiger partial charge on any atom is 0.106 e. The lowest BCUT2D eigenvalue weighted by molar-refractivity contribution is 0.407. The molecule has 0 N–H and O–H groups in total. The minimum atomic E-state index is -0.374. The van der Waals surface area contributed by atoms with E-state index < -0.39 is 0 Å². The standard InChI is InChI=1S/C12H10BrClFN/c13-6-11-10(14)5-9(7-16-11)1-2-12(8-15)3-4-12/h5,7H,3-4,6,8H2. The molecule has 1 aliphatic rings.